The van der Waals surface area contributed by atoms with Crippen molar-refractivity contribution in [2.45, 2.75) is 6.61 Å². The van der Waals surface area contributed by atoms with Crippen LogP contribution in [0.3, 0.4) is 0 Å². The molecular formula is C15H12N2O3S. The summed E-state index contributed by atoms with van der Waals surface area (Å²) in [6.45, 7) is 0.207. The van der Waals surface area contributed by atoms with Gasteiger partial charge in [-0.2, -0.15) is 0 Å². The molecule has 0 unspecified atom stereocenters. The van der Waals surface area contributed by atoms with Gasteiger partial charge < -0.3 is 9.84 Å². The van der Waals surface area contributed by atoms with Gasteiger partial charge in [-0.25, -0.2) is 9.78 Å². The number of hydrogen-bond acceptors (Lipinski definition) is 5. The van der Waals surface area contributed by atoms with Crippen molar-refractivity contribution in [1.29, 1.82) is 0 Å². The summed E-state index contributed by atoms with van der Waals surface area (Å²) in [4.78, 5) is 15.9. The van der Waals surface area contributed by atoms with E-state index < -0.39 is 6.09 Å². The fourth-order valence-electron chi connectivity index (χ4n) is 1.82. The van der Waals surface area contributed by atoms with E-state index in [2.05, 4.69) is 10.3 Å². The zero-order chi connectivity index (χ0) is 14.7. The first-order valence-electron chi connectivity index (χ1n) is 6.28. The van der Waals surface area contributed by atoms with Gasteiger partial charge in [0.05, 0.1) is 10.2 Å². The molecule has 0 saturated carbocycles. The van der Waals surface area contributed by atoms with E-state index in [0.29, 0.717) is 10.6 Å². The minimum Gasteiger partial charge on any atom is -0.508 e. The molecule has 0 aliphatic heterocycles. The number of thiazole rings is 1. The quantitative estimate of drug-likeness (QED) is 0.772. The molecule has 2 N–H and O–H groups in total. The van der Waals surface area contributed by atoms with E-state index >= 15 is 0 Å². The molecule has 0 aliphatic carbocycles. The van der Waals surface area contributed by atoms with Crippen LogP contribution in [0.25, 0.3) is 10.2 Å². The van der Waals surface area contributed by atoms with Crippen molar-refractivity contribution >= 4 is 32.8 Å². The Kier molecular flexibility index (Phi) is 3.70. The third-order valence-corrected chi connectivity index (χ3v) is 3.74. The molecule has 0 atom stereocenters. The van der Waals surface area contributed by atoms with Crippen molar-refractivity contribution in [3.05, 3.63) is 54.1 Å². The maximum Gasteiger partial charge on any atom is 0.413 e. The van der Waals surface area contributed by atoms with Gasteiger partial charge in [-0.15, -0.1) is 0 Å². The lowest BCUT2D eigenvalue weighted by molar-refractivity contribution is 0.155. The fraction of sp³-hybridized carbons (Fsp3) is 0.0667. The van der Waals surface area contributed by atoms with Crippen molar-refractivity contribution in [3.8, 4) is 5.75 Å². The number of amides is 1. The van der Waals surface area contributed by atoms with Gasteiger partial charge in [0.25, 0.3) is 0 Å². The molecule has 3 aromatic rings. The maximum absolute atomic E-state index is 11.7. The summed E-state index contributed by atoms with van der Waals surface area (Å²) in [6.07, 6.45) is -0.554. The Morgan fingerprint density at radius 3 is 2.86 bits per heavy atom. The summed E-state index contributed by atoms with van der Waals surface area (Å²) in [6, 6.07) is 14.3. The fourth-order valence-corrected chi connectivity index (χ4v) is 2.65. The van der Waals surface area contributed by atoms with Crippen LogP contribution in [-0.2, 0) is 11.3 Å². The Morgan fingerprint density at radius 2 is 2.05 bits per heavy atom. The van der Waals surface area contributed by atoms with Crippen LogP contribution in [0.4, 0.5) is 9.93 Å². The number of phenols is 1. The third-order valence-electron chi connectivity index (χ3n) is 2.79. The topological polar surface area (TPSA) is 71.5 Å². The lowest BCUT2D eigenvalue weighted by atomic mass is 10.2. The van der Waals surface area contributed by atoms with Crippen LogP contribution in [0.5, 0.6) is 5.75 Å². The lowest BCUT2D eigenvalue weighted by Crippen LogP contribution is -2.13. The Bertz CT molecular complexity index is 771. The van der Waals surface area contributed by atoms with Crippen LogP contribution in [0.1, 0.15) is 5.56 Å². The van der Waals surface area contributed by atoms with Crippen molar-refractivity contribution < 1.29 is 14.6 Å². The highest BCUT2D eigenvalue weighted by Crippen LogP contribution is 2.28. The lowest BCUT2D eigenvalue weighted by Gasteiger charge is -2.04. The second-order valence-corrected chi connectivity index (χ2v) is 5.39. The molecule has 0 radical (unpaired) electrons. The molecule has 0 aliphatic rings. The minimum absolute atomic E-state index is 0.144. The predicted octanol–water partition coefficient (Wildman–Crippen LogP) is 3.75. The van der Waals surface area contributed by atoms with E-state index in [1.54, 1.807) is 18.2 Å². The van der Waals surface area contributed by atoms with E-state index in [0.717, 1.165) is 10.3 Å². The van der Waals surface area contributed by atoms with Gasteiger partial charge in [0.1, 0.15) is 12.4 Å². The highest BCUT2D eigenvalue weighted by Gasteiger charge is 2.09. The number of fused-ring (bicyclic) bond motifs is 1. The summed E-state index contributed by atoms with van der Waals surface area (Å²) in [5.74, 6) is 0.144. The van der Waals surface area contributed by atoms with E-state index in [1.807, 2.05) is 30.3 Å². The van der Waals surface area contributed by atoms with Gasteiger partial charge in [0.15, 0.2) is 5.13 Å². The summed E-state index contributed by atoms with van der Waals surface area (Å²) >= 11 is 1.32. The number of benzene rings is 2. The van der Waals surface area contributed by atoms with Gasteiger partial charge in [-0.3, -0.25) is 5.32 Å². The monoisotopic (exact) mass is 300 g/mol. The number of carbonyl (C=O) groups is 1. The van der Waals surface area contributed by atoms with Crippen molar-refractivity contribution in [1.82, 2.24) is 4.98 Å². The van der Waals surface area contributed by atoms with E-state index in [1.165, 1.54) is 11.3 Å². The molecular weight excluding hydrogens is 288 g/mol. The third kappa shape index (κ3) is 3.29. The molecule has 6 heteroatoms. The number of ether oxygens (including phenoxy) is 1. The Morgan fingerprint density at radius 1 is 1.24 bits per heavy atom. The number of rotatable bonds is 3. The van der Waals surface area contributed by atoms with Crippen LogP contribution < -0.4 is 5.32 Å². The van der Waals surface area contributed by atoms with Gasteiger partial charge in [-0.05, 0) is 17.7 Å². The van der Waals surface area contributed by atoms with Crippen molar-refractivity contribution in [2.24, 2.45) is 0 Å². The molecule has 0 saturated heterocycles. The van der Waals surface area contributed by atoms with Crippen LogP contribution >= 0.6 is 11.3 Å². The molecule has 0 spiro atoms. The zero-order valence-electron chi connectivity index (χ0n) is 10.9. The summed E-state index contributed by atoms with van der Waals surface area (Å²) in [5, 5.41) is 12.4. The molecule has 21 heavy (non-hydrogen) atoms. The van der Waals surface area contributed by atoms with Gasteiger partial charge in [0, 0.05) is 6.07 Å². The van der Waals surface area contributed by atoms with Crippen LogP contribution in [0, 0.1) is 0 Å². The summed E-state index contributed by atoms with van der Waals surface area (Å²) < 4.78 is 6.00. The van der Waals surface area contributed by atoms with E-state index in [4.69, 9.17) is 4.74 Å². The largest absolute Gasteiger partial charge is 0.508 e. The summed E-state index contributed by atoms with van der Waals surface area (Å²) in [7, 11) is 0. The number of hydrogen-bond donors (Lipinski definition) is 2. The van der Waals surface area contributed by atoms with Gasteiger partial charge >= 0.3 is 6.09 Å². The van der Waals surface area contributed by atoms with Crippen LogP contribution in [0.2, 0.25) is 0 Å². The first-order chi connectivity index (χ1) is 10.2. The normalized spacial score (nSPS) is 10.5. The number of phenolic OH excluding ortho intramolecular Hbond substituents is 1. The first kappa shape index (κ1) is 13.4. The molecule has 106 valence electrons. The van der Waals surface area contributed by atoms with E-state index in [9.17, 15) is 9.90 Å². The molecule has 5 nitrogen and oxygen atoms in total. The Hall–Kier alpha value is -2.60. The van der Waals surface area contributed by atoms with E-state index in [-0.39, 0.29) is 12.4 Å². The SMILES string of the molecule is O=C(Nc1nc2cc(O)ccc2s1)OCc1ccccc1. The second kappa shape index (κ2) is 5.80. The first-order valence-corrected chi connectivity index (χ1v) is 7.09. The standard InChI is InChI=1S/C15H12N2O3S/c18-11-6-7-13-12(8-11)16-14(21-13)17-15(19)20-9-10-4-2-1-3-5-10/h1-8,18H,9H2,(H,16,17,19). The zero-order valence-corrected chi connectivity index (χ0v) is 11.8. The molecule has 1 heterocycles. The van der Waals surface area contributed by atoms with Crippen molar-refractivity contribution in [3.63, 3.8) is 0 Å². The highest BCUT2D eigenvalue weighted by atomic mass is 32.1. The number of nitrogens with one attached hydrogen (secondary N) is 1. The number of anilines is 1. The van der Waals surface area contributed by atoms with Gasteiger partial charge in [0.2, 0.25) is 0 Å². The minimum atomic E-state index is -0.554. The Balaban J connectivity index is 1.63. The number of carbonyl (C=O) groups excluding carboxylic acids is 1. The maximum atomic E-state index is 11.7. The van der Waals surface area contributed by atoms with Crippen LogP contribution in [0.15, 0.2) is 48.5 Å². The molecule has 1 aromatic heterocycles. The Labute approximate surface area is 124 Å². The average Bonchev–Trinajstić information content (AvgIpc) is 2.87. The number of aromatic nitrogens is 1. The highest BCUT2D eigenvalue weighted by molar-refractivity contribution is 7.22. The average molecular weight is 300 g/mol. The molecule has 2 aromatic carbocycles. The summed E-state index contributed by atoms with van der Waals surface area (Å²) in [5.41, 5.74) is 1.56. The molecule has 1 amide bonds. The molecule has 3 rings (SSSR count). The van der Waals surface area contributed by atoms with Crippen LogP contribution in [-0.4, -0.2) is 16.2 Å². The molecule has 0 bridgehead atoms. The second-order valence-electron chi connectivity index (χ2n) is 4.36. The number of nitrogens with zero attached hydrogens (tertiary/aromatic N) is 1. The van der Waals surface area contributed by atoms with Crippen molar-refractivity contribution in [2.75, 3.05) is 5.32 Å². The predicted molar refractivity (Wildman–Crippen MR) is 81.5 cm³/mol. The smallest absolute Gasteiger partial charge is 0.413 e. The van der Waals surface area contributed by atoms with Gasteiger partial charge in [-0.1, -0.05) is 41.7 Å². The molecule has 0 fully saturated rings. The number of aromatic hydroxyl groups is 1.